The number of aromatic nitrogens is 2. The Morgan fingerprint density at radius 3 is 2.89 bits per heavy atom. The van der Waals surface area contributed by atoms with E-state index in [0.29, 0.717) is 22.6 Å². The Balaban J connectivity index is 1.69. The lowest BCUT2D eigenvalue weighted by molar-refractivity contribution is 0.0958. The van der Waals surface area contributed by atoms with Gasteiger partial charge >= 0.3 is 0 Å². The third-order valence-corrected chi connectivity index (χ3v) is 6.31. The quantitative estimate of drug-likeness (QED) is 0.617. The molecular formula is C20H19ClN4O2S. The minimum absolute atomic E-state index is 0.136. The van der Waals surface area contributed by atoms with Crippen LogP contribution in [0.1, 0.15) is 44.1 Å². The molecule has 0 fully saturated rings. The lowest BCUT2D eigenvalue weighted by Crippen LogP contribution is -2.26. The second kappa shape index (κ2) is 7.77. The number of pyridine rings is 1. The number of carbonyl (C=O) groups is 2. The molecule has 0 radical (unpaired) electrons. The first-order valence-electron chi connectivity index (χ1n) is 9.08. The highest BCUT2D eigenvalue weighted by Crippen LogP contribution is 2.38. The molecule has 3 aromatic rings. The lowest BCUT2D eigenvalue weighted by Gasteiger charge is -2.12. The summed E-state index contributed by atoms with van der Waals surface area (Å²) < 4.78 is 1.56. The number of halogens is 1. The number of hydrogen-bond donors (Lipinski definition) is 2. The third-order valence-electron chi connectivity index (χ3n) is 4.73. The van der Waals surface area contributed by atoms with Gasteiger partial charge in [-0.25, -0.2) is 4.52 Å². The van der Waals surface area contributed by atoms with Crippen molar-refractivity contribution in [1.29, 1.82) is 0 Å². The average Bonchev–Trinajstić information content (AvgIpc) is 3.24. The number of fused-ring (bicyclic) bond motifs is 2. The summed E-state index contributed by atoms with van der Waals surface area (Å²) in [6.07, 6.45) is 7.26. The molecule has 1 aliphatic carbocycles. The smallest absolute Gasteiger partial charge is 0.278 e. The van der Waals surface area contributed by atoms with E-state index in [1.807, 2.05) is 12.1 Å². The maximum absolute atomic E-state index is 12.9. The predicted octanol–water partition coefficient (Wildman–Crippen LogP) is 4.10. The molecule has 0 saturated heterocycles. The van der Waals surface area contributed by atoms with Crippen LogP contribution in [0.3, 0.4) is 0 Å². The van der Waals surface area contributed by atoms with Crippen LogP contribution in [-0.4, -0.2) is 28.0 Å². The fourth-order valence-corrected chi connectivity index (χ4v) is 4.98. The zero-order valence-electron chi connectivity index (χ0n) is 15.1. The van der Waals surface area contributed by atoms with Crippen LogP contribution in [0.5, 0.6) is 0 Å². The second-order valence-corrected chi connectivity index (χ2v) is 8.04. The normalized spacial score (nSPS) is 13.2. The molecule has 2 amide bonds. The van der Waals surface area contributed by atoms with E-state index in [0.717, 1.165) is 36.1 Å². The van der Waals surface area contributed by atoms with Crippen molar-refractivity contribution in [2.45, 2.75) is 25.7 Å². The Kier molecular flexibility index (Phi) is 5.19. The zero-order valence-corrected chi connectivity index (χ0v) is 16.7. The van der Waals surface area contributed by atoms with Gasteiger partial charge in [0.05, 0.1) is 16.1 Å². The molecule has 4 rings (SSSR count). The first-order valence-corrected chi connectivity index (χ1v) is 10.3. The molecule has 0 unspecified atom stereocenters. The van der Waals surface area contributed by atoms with E-state index in [-0.39, 0.29) is 16.6 Å². The summed E-state index contributed by atoms with van der Waals surface area (Å²) in [6, 6.07) is 5.44. The van der Waals surface area contributed by atoms with Gasteiger partial charge in [-0.1, -0.05) is 23.7 Å². The molecular weight excluding hydrogens is 396 g/mol. The molecule has 0 aromatic carbocycles. The summed E-state index contributed by atoms with van der Waals surface area (Å²) in [5.74, 6) is -0.624. The number of thiophene rings is 1. The van der Waals surface area contributed by atoms with E-state index in [1.54, 1.807) is 22.9 Å². The molecule has 0 aliphatic heterocycles. The monoisotopic (exact) mass is 414 g/mol. The third kappa shape index (κ3) is 3.31. The number of nitrogens with zero attached hydrogens (tertiary/aromatic N) is 2. The van der Waals surface area contributed by atoms with Crippen LogP contribution in [0, 0.1) is 0 Å². The summed E-state index contributed by atoms with van der Waals surface area (Å²) in [4.78, 5) is 26.8. The number of amides is 2. The molecule has 0 atom stereocenters. The summed E-state index contributed by atoms with van der Waals surface area (Å²) >= 11 is 7.82. The highest BCUT2D eigenvalue weighted by molar-refractivity contribution is 7.17. The van der Waals surface area contributed by atoms with E-state index in [9.17, 15) is 9.59 Å². The van der Waals surface area contributed by atoms with E-state index < -0.39 is 5.91 Å². The largest absolute Gasteiger partial charge is 0.348 e. The summed E-state index contributed by atoms with van der Waals surface area (Å²) in [6.45, 7) is 4.01. The Morgan fingerprint density at radius 2 is 2.11 bits per heavy atom. The highest BCUT2D eigenvalue weighted by atomic mass is 35.5. The van der Waals surface area contributed by atoms with Gasteiger partial charge in [-0.15, -0.1) is 17.9 Å². The molecule has 1 aliphatic rings. The van der Waals surface area contributed by atoms with Gasteiger partial charge in [-0.3, -0.25) is 9.59 Å². The van der Waals surface area contributed by atoms with Crippen molar-refractivity contribution >= 4 is 45.3 Å². The van der Waals surface area contributed by atoms with Crippen molar-refractivity contribution < 1.29 is 9.59 Å². The summed E-state index contributed by atoms with van der Waals surface area (Å²) in [5, 5.41) is 10.8. The molecule has 3 aromatic heterocycles. The number of aryl methyl sites for hydroxylation is 1. The number of nitrogens with one attached hydrogen (secondary N) is 2. The minimum Gasteiger partial charge on any atom is -0.348 e. The summed E-state index contributed by atoms with van der Waals surface area (Å²) in [7, 11) is 0. The van der Waals surface area contributed by atoms with Crippen molar-refractivity contribution in [2.24, 2.45) is 0 Å². The second-order valence-electron chi connectivity index (χ2n) is 6.56. The van der Waals surface area contributed by atoms with E-state index >= 15 is 0 Å². The molecule has 6 nitrogen and oxygen atoms in total. The van der Waals surface area contributed by atoms with Gasteiger partial charge in [0, 0.05) is 17.6 Å². The lowest BCUT2D eigenvalue weighted by atomic mass is 9.95. The average molecular weight is 415 g/mol. The molecule has 2 N–H and O–H groups in total. The van der Waals surface area contributed by atoms with Crippen molar-refractivity contribution in [3.8, 4) is 0 Å². The molecule has 0 bridgehead atoms. The highest BCUT2D eigenvalue weighted by Gasteiger charge is 2.27. The van der Waals surface area contributed by atoms with Crippen LogP contribution in [0.2, 0.25) is 5.02 Å². The number of hydrogen-bond acceptors (Lipinski definition) is 4. The Bertz CT molecular complexity index is 1090. The van der Waals surface area contributed by atoms with Crippen molar-refractivity contribution in [1.82, 2.24) is 14.9 Å². The van der Waals surface area contributed by atoms with Crippen molar-refractivity contribution in [3.05, 3.63) is 63.8 Å². The molecule has 144 valence electrons. The van der Waals surface area contributed by atoms with Crippen LogP contribution >= 0.6 is 22.9 Å². The SMILES string of the molecule is C=CCNC(=O)c1c(NC(=O)c2nn3ccccc3c2Cl)sc2c1CCCC2. The van der Waals surface area contributed by atoms with Gasteiger partial charge < -0.3 is 10.6 Å². The fourth-order valence-electron chi connectivity index (χ4n) is 3.42. The maximum Gasteiger partial charge on any atom is 0.278 e. The molecule has 3 heterocycles. The Hall–Kier alpha value is -2.64. The van der Waals surface area contributed by atoms with Crippen LogP contribution in [0.4, 0.5) is 5.00 Å². The van der Waals surface area contributed by atoms with Gasteiger partial charge in [0.2, 0.25) is 0 Å². The summed E-state index contributed by atoms with van der Waals surface area (Å²) in [5.41, 5.74) is 2.38. The van der Waals surface area contributed by atoms with Gasteiger partial charge in [0.15, 0.2) is 5.69 Å². The zero-order chi connectivity index (χ0) is 19.7. The van der Waals surface area contributed by atoms with Crippen LogP contribution in [0.15, 0.2) is 37.1 Å². The van der Waals surface area contributed by atoms with Gasteiger partial charge in [-0.2, -0.15) is 5.10 Å². The maximum atomic E-state index is 12.9. The standard InChI is InChI=1S/C20H19ClN4O2S/c1-2-10-22-18(26)15-12-7-3-4-9-14(12)28-20(15)23-19(27)17-16(21)13-8-5-6-11-25(13)24-17/h2,5-6,8,11H,1,3-4,7,9-10H2,(H,22,26)(H,23,27). The van der Waals surface area contributed by atoms with Crippen molar-refractivity contribution in [3.63, 3.8) is 0 Å². The van der Waals surface area contributed by atoms with E-state index in [4.69, 9.17) is 11.6 Å². The van der Waals surface area contributed by atoms with Gasteiger partial charge in [0.25, 0.3) is 11.8 Å². The number of anilines is 1. The van der Waals surface area contributed by atoms with Gasteiger partial charge in [-0.05, 0) is 43.4 Å². The Labute approximate surface area is 171 Å². The predicted molar refractivity (Wildman–Crippen MR) is 112 cm³/mol. The van der Waals surface area contributed by atoms with Crippen LogP contribution < -0.4 is 10.6 Å². The topological polar surface area (TPSA) is 75.5 Å². The van der Waals surface area contributed by atoms with Gasteiger partial charge in [0.1, 0.15) is 5.00 Å². The van der Waals surface area contributed by atoms with Crippen LogP contribution in [0.25, 0.3) is 5.52 Å². The molecule has 8 heteroatoms. The molecule has 0 saturated carbocycles. The van der Waals surface area contributed by atoms with E-state index in [2.05, 4.69) is 22.3 Å². The number of carbonyl (C=O) groups excluding carboxylic acids is 2. The molecule has 28 heavy (non-hydrogen) atoms. The molecule has 0 spiro atoms. The van der Waals surface area contributed by atoms with Crippen LogP contribution in [-0.2, 0) is 12.8 Å². The van der Waals surface area contributed by atoms with E-state index in [1.165, 1.54) is 11.3 Å². The first kappa shape index (κ1) is 18.7. The Morgan fingerprint density at radius 1 is 1.29 bits per heavy atom. The number of rotatable bonds is 5. The fraction of sp³-hybridized carbons (Fsp3) is 0.250. The minimum atomic E-state index is -0.426. The first-order chi connectivity index (χ1) is 13.6. The van der Waals surface area contributed by atoms with Crippen molar-refractivity contribution in [2.75, 3.05) is 11.9 Å².